The van der Waals surface area contributed by atoms with E-state index in [2.05, 4.69) is 20.6 Å². The van der Waals surface area contributed by atoms with Gasteiger partial charge in [-0.1, -0.05) is 55.3 Å². The molecule has 1 fully saturated rings. The van der Waals surface area contributed by atoms with Crippen LogP contribution >= 0.6 is 11.6 Å². The van der Waals surface area contributed by atoms with Crippen molar-refractivity contribution in [2.75, 3.05) is 44.7 Å². The van der Waals surface area contributed by atoms with E-state index >= 15 is 0 Å². The van der Waals surface area contributed by atoms with Crippen LogP contribution in [0.4, 0.5) is 5.82 Å². The molecule has 9 heteroatoms. The van der Waals surface area contributed by atoms with Gasteiger partial charge in [-0.3, -0.25) is 14.5 Å². The van der Waals surface area contributed by atoms with Gasteiger partial charge in [-0.15, -0.1) is 0 Å². The molecule has 3 aromatic rings. The van der Waals surface area contributed by atoms with Crippen molar-refractivity contribution in [1.82, 2.24) is 20.0 Å². The van der Waals surface area contributed by atoms with Crippen LogP contribution in [0.5, 0.6) is 0 Å². The minimum atomic E-state index is -0.219. The standard InChI is InChI=1S/C25H28ClN5O3.C2H6/c1-17-3-5-19(6-4-17)22-16-24(28-18(2)32)31(29-22)23-8-7-20(15-21(23)26)25(33)27-9-10-30-11-13-34-14-12-30;1-2/h3-8,15-16H,9-14H2,1-2H3,(H,27,33)(H,28,32);1-2H3. The molecule has 0 unspecified atom stereocenters. The van der Waals surface area contributed by atoms with Gasteiger partial charge in [-0.25, -0.2) is 4.68 Å². The predicted molar refractivity (Wildman–Crippen MR) is 144 cm³/mol. The van der Waals surface area contributed by atoms with Gasteiger partial charge in [0.15, 0.2) is 0 Å². The first kappa shape index (κ1) is 27.4. The number of aromatic nitrogens is 2. The van der Waals surface area contributed by atoms with Crippen molar-refractivity contribution < 1.29 is 14.3 Å². The molecule has 0 radical (unpaired) electrons. The molecule has 1 aliphatic rings. The minimum Gasteiger partial charge on any atom is -0.379 e. The Bertz CT molecular complexity index is 1170. The number of rotatable bonds is 7. The lowest BCUT2D eigenvalue weighted by atomic mass is 10.1. The zero-order valence-corrected chi connectivity index (χ0v) is 22.1. The summed E-state index contributed by atoms with van der Waals surface area (Å²) < 4.78 is 6.93. The predicted octanol–water partition coefficient (Wildman–Crippen LogP) is 4.55. The van der Waals surface area contributed by atoms with E-state index in [1.165, 1.54) is 6.92 Å². The number of carbonyl (C=O) groups excluding carboxylic acids is 2. The number of halogens is 1. The maximum absolute atomic E-state index is 12.6. The van der Waals surface area contributed by atoms with E-state index in [1.807, 2.05) is 45.0 Å². The van der Waals surface area contributed by atoms with Crippen LogP contribution in [-0.2, 0) is 9.53 Å². The lowest BCUT2D eigenvalue weighted by molar-refractivity contribution is -0.114. The number of hydrogen-bond acceptors (Lipinski definition) is 5. The first-order valence-electron chi connectivity index (χ1n) is 12.2. The Morgan fingerprint density at radius 3 is 2.39 bits per heavy atom. The molecule has 1 aromatic heterocycles. The topological polar surface area (TPSA) is 88.5 Å². The smallest absolute Gasteiger partial charge is 0.251 e. The van der Waals surface area contributed by atoms with Crippen molar-refractivity contribution in [3.05, 3.63) is 64.7 Å². The van der Waals surface area contributed by atoms with Gasteiger partial charge in [0.2, 0.25) is 5.91 Å². The largest absolute Gasteiger partial charge is 0.379 e. The Morgan fingerprint density at radius 2 is 1.75 bits per heavy atom. The summed E-state index contributed by atoms with van der Waals surface area (Å²) in [6.45, 7) is 12.0. The lowest BCUT2D eigenvalue weighted by Crippen LogP contribution is -2.41. The van der Waals surface area contributed by atoms with Gasteiger partial charge >= 0.3 is 0 Å². The third-order valence-electron chi connectivity index (χ3n) is 5.62. The molecule has 192 valence electrons. The van der Waals surface area contributed by atoms with Crippen LogP contribution in [0.3, 0.4) is 0 Å². The van der Waals surface area contributed by atoms with Gasteiger partial charge in [0, 0.05) is 50.3 Å². The Hall–Kier alpha value is -3.20. The molecule has 0 atom stereocenters. The quantitative estimate of drug-likeness (QED) is 0.486. The highest BCUT2D eigenvalue weighted by Crippen LogP contribution is 2.29. The summed E-state index contributed by atoms with van der Waals surface area (Å²) in [7, 11) is 0. The van der Waals surface area contributed by atoms with Crippen LogP contribution in [0.25, 0.3) is 16.9 Å². The molecule has 1 aliphatic heterocycles. The van der Waals surface area contributed by atoms with Gasteiger partial charge in [0.1, 0.15) is 5.82 Å². The average Bonchev–Trinajstić information content (AvgIpc) is 3.28. The number of anilines is 1. The molecule has 2 aromatic carbocycles. The number of aryl methyl sites for hydroxylation is 1. The molecular weight excluding hydrogens is 478 g/mol. The van der Waals surface area contributed by atoms with E-state index in [0.29, 0.717) is 34.3 Å². The Labute approximate surface area is 217 Å². The van der Waals surface area contributed by atoms with Gasteiger partial charge in [-0.2, -0.15) is 5.10 Å². The van der Waals surface area contributed by atoms with E-state index in [9.17, 15) is 9.59 Å². The number of nitrogens with one attached hydrogen (secondary N) is 2. The molecule has 8 nitrogen and oxygen atoms in total. The highest BCUT2D eigenvalue weighted by Gasteiger charge is 2.17. The van der Waals surface area contributed by atoms with Crippen LogP contribution < -0.4 is 10.6 Å². The number of morpholine rings is 1. The van der Waals surface area contributed by atoms with Crippen LogP contribution in [0.1, 0.15) is 36.7 Å². The molecular formula is C27H34ClN5O3. The average molecular weight is 512 g/mol. The second-order valence-corrected chi connectivity index (χ2v) is 8.66. The second kappa shape index (κ2) is 13.2. The van der Waals surface area contributed by atoms with Gasteiger partial charge in [0.05, 0.1) is 29.6 Å². The van der Waals surface area contributed by atoms with Gasteiger partial charge < -0.3 is 15.4 Å². The molecule has 0 spiro atoms. The number of carbonyl (C=O) groups is 2. The molecule has 0 aliphatic carbocycles. The maximum Gasteiger partial charge on any atom is 0.251 e. The lowest BCUT2D eigenvalue weighted by Gasteiger charge is -2.26. The SMILES string of the molecule is CC.CC(=O)Nc1cc(-c2ccc(C)cc2)nn1-c1ccc(C(=O)NCCN2CCOCC2)cc1Cl. The van der Waals surface area contributed by atoms with Gasteiger partial charge in [0.25, 0.3) is 5.91 Å². The number of hydrogen-bond donors (Lipinski definition) is 2. The number of amides is 2. The van der Waals surface area contributed by atoms with Crippen molar-refractivity contribution in [3.8, 4) is 16.9 Å². The van der Waals surface area contributed by atoms with Crippen LogP contribution in [0.15, 0.2) is 48.5 Å². The molecule has 2 heterocycles. The third kappa shape index (κ3) is 7.16. The molecule has 2 amide bonds. The number of ether oxygens (including phenoxy) is 1. The monoisotopic (exact) mass is 511 g/mol. The normalized spacial score (nSPS) is 13.5. The first-order valence-corrected chi connectivity index (χ1v) is 12.6. The van der Waals surface area contributed by atoms with Crippen LogP contribution in [0.2, 0.25) is 5.02 Å². The van der Waals surface area contributed by atoms with Crippen LogP contribution in [-0.4, -0.2) is 65.9 Å². The van der Waals surface area contributed by atoms with Gasteiger partial charge in [-0.05, 0) is 25.1 Å². The highest BCUT2D eigenvalue weighted by molar-refractivity contribution is 6.32. The van der Waals surface area contributed by atoms with Crippen molar-refractivity contribution in [3.63, 3.8) is 0 Å². The highest BCUT2D eigenvalue weighted by atomic mass is 35.5. The summed E-state index contributed by atoms with van der Waals surface area (Å²) >= 11 is 6.57. The van der Waals surface area contributed by atoms with E-state index in [0.717, 1.165) is 44.0 Å². The van der Waals surface area contributed by atoms with E-state index < -0.39 is 0 Å². The van der Waals surface area contributed by atoms with E-state index in [1.54, 1.807) is 28.9 Å². The molecule has 0 bridgehead atoms. The summed E-state index contributed by atoms with van der Waals surface area (Å²) in [4.78, 5) is 26.7. The molecule has 0 saturated carbocycles. The van der Waals surface area contributed by atoms with Crippen molar-refractivity contribution in [1.29, 1.82) is 0 Å². The summed E-state index contributed by atoms with van der Waals surface area (Å²) in [6, 6.07) is 14.8. The number of nitrogens with zero attached hydrogens (tertiary/aromatic N) is 3. The Balaban J connectivity index is 0.00000176. The fourth-order valence-electron chi connectivity index (χ4n) is 3.77. The minimum absolute atomic E-state index is 0.190. The van der Waals surface area contributed by atoms with Crippen LogP contribution in [0, 0.1) is 6.92 Å². The third-order valence-corrected chi connectivity index (χ3v) is 5.92. The second-order valence-electron chi connectivity index (χ2n) is 8.25. The zero-order valence-electron chi connectivity index (χ0n) is 21.3. The summed E-state index contributed by atoms with van der Waals surface area (Å²) in [5, 5.41) is 10.8. The summed E-state index contributed by atoms with van der Waals surface area (Å²) in [6.07, 6.45) is 0. The fourth-order valence-corrected chi connectivity index (χ4v) is 4.03. The fraction of sp³-hybridized carbons (Fsp3) is 0.370. The van der Waals surface area contributed by atoms with Crippen molar-refractivity contribution in [2.24, 2.45) is 0 Å². The molecule has 2 N–H and O–H groups in total. The van der Waals surface area contributed by atoms with Crippen molar-refractivity contribution in [2.45, 2.75) is 27.7 Å². The zero-order chi connectivity index (χ0) is 26.1. The van der Waals surface area contributed by atoms with Crippen molar-refractivity contribution >= 4 is 29.2 Å². The molecule has 1 saturated heterocycles. The molecule has 4 rings (SSSR count). The number of benzene rings is 2. The maximum atomic E-state index is 12.6. The summed E-state index contributed by atoms with van der Waals surface area (Å²) in [5.74, 6) is 0.0845. The summed E-state index contributed by atoms with van der Waals surface area (Å²) in [5.41, 5.74) is 3.79. The molecule has 36 heavy (non-hydrogen) atoms. The Kier molecular flexibility index (Phi) is 10.0. The van der Waals surface area contributed by atoms with E-state index in [-0.39, 0.29) is 11.8 Å². The Morgan fingerprint density at radius 1 is 1.06 bits per heavy atom. The first-order chi connectivity index (χ1) is 17.4. The van der Waals surface area contributed by atoms with E-state index in [4.69, 9.17) is 16.3 Å².